The SMILES string of the molecule is O=C(c1ccc(F)cc1F)C(F)(F)Oc1ccc(Cl)cc1. The zero-order valence-corrected chi connectivity index (χ0v) is 11.0. The van der Waals surface area contributed by atoms with Crippen molar-refractivity contribution in [3.05, 3.63) is 64.7 Å². The van der Waals surface area contributed by atoms with Crippen LogP contribution in [0.3, 0.4) is 0 Å². The summed E-state index contributed by atoms with van der Waals surface area (Å²) in [6.07, 6.45) is -4.30. The molecule has 0 fully saturated rings. The van der Waals surface area contributed by atoms with E-state index in [9.17, 15) is 22.4 Å². The third kappa shape index (κ3) is 3.52. The van der Waals surface area contributed by atoms with E-state index in [1.54, 1.807) is 0 Å². The topological polar surface area (TPSA) is 26.3 Å². The van der Waals surface area contributed by atoms with E-state index in [0.717, 1.165) is 12.1 Å². The van der Waals surface area contributed by atoms with E-state index in [-0.39, 0.29) is 5.75 Å². The van der Waals surface area contributed by atoms with Crippen molar-refractivity contribution in [3.63, 3.8) is 0 Å². The Hall–Kier alpha value is -2.08. The minimum atomic E-state index is -4.30. The summed E-state index contributed by atoms with van der Waals surface area (Å²) >= 11 is 5.58. The largest absolute Gasteiger partial charge is 0.466 e. The lowest BCUT2D eigenvalue weighted by Crippen LogP contribution is -2.35. The van der Waals surface area contributed by atoms with Crippen LogP contribution in [0.15, 0.2) is 42.5 Å². The van der Waals surface area contributed by atoms with Crippen LogP contribution in [0.2, 0.25) is 5.02 Å². The van der Waals surface area contributed by atoms with Crippen LogP contribution in [0, 0.1) is 11.6 Å². The molecule has 0 heterocycles. The molecular weight excluding hydrogens is 312 g/mol. The van der Waals surface area contributed by atoms with Gasteiger partial charge in [-0.2, -0.15) is 8.78 Å². The molecule has 0 radical (unpaired) electrons. The van der Waals surface area contributed by atoms with Crippen LogP contribution in [0.5, 0.6) is 5.75 Å². The highest BCUT2D eigenvalue weighted by Gasteiger charge is 2.43. The van der Waals surface area contributed by atoms with Gasteiger partial charge >= 0.3 is 6.11 Å². The van der Waals surface area contributed by atoms with E-state index < -0.39 is 29.1 Å². The molecule has 2 nitrogen and oxygen atoms in total. The number of alkyl halides is 2. The summed E-state index contributed by atoms with van der Waals surface area (Å²) in [6.45, 7) is 0. The molecule has 2 aromatic rings. The summed E-state index contributed by atoms with van der Waals surface area (Å²) < 4.78 is 57.7. The van der Waals surface area contributed by atoms with Gasteiger partial charge in [0.25, 0.3) is 5.78 Å². The molecule has 2 aromatic carbocycles. The number of Topliss-reactive ketones (excluding diaryl/α,β-unsaturated/α-hetero) is 1. The molecule has 2 rings (SSSR count). The highest BCUT2D eigenvalue weighted by atomic mass is 35.5. The van der Waals surface area contributed by atoms with E-state index in [1.807, 2.05) is 0 Å². The van der Waals surface area contributed by atoms with Crippen molar-refractivity contribution < 1.29 is 27.1 Å². The summed E-state index contributed by atoms with van der Waals surface area (Å²) in [6, 6.07) is 6.51. The molecule has 0 unspecified atom stereocenters. The summed E-state index contributed by atoms with van der Waals surface area (Å²) in [4.78, 5) is 11.6. The van der Waals surface area contributed by atoms with Crippen molar-refractivity contribution >= 4 is 17.4 Å². The van der Waals surface area contributed by atoms with Gasteiger partial charge in [0.1, 0.15) is 17.4 Å². The first-order chi connectivity index (χ1) is 9.79. The fourth-order valence-corrected chi connectivity index (χ4v) is 1.65. The first-order valence-corrected chi connectivity index (χ1v) is 5.99. The molecule has 0 N–H and O–H groups in total. The molecule has 0 atom stereocenters. The van der Waals surface area contributed by atoms with Gasteiger partial charge in [-0.1, -0.05) is 11.6 Å². The van der Waals surface area contributed by atoms with E-state index in [4.69, 9.17) is 11.6 Å². The van der Waals surface area contributed by atoms with Crippen molar-refractivity contribution in [3.8, 4) is 5.75 Å². The van der Waals surface area contributed by atoms with Gasteiger partial charge in [0.15, 0.2) is 0 Å². The Morgan fingerprint density at radius 1 is 1.05 bits per heavy atom. The molecule has 0 amide bonds. The molecule has 0 spiro atoms. The lowest BCUT2D eigenvalue weighted by Gasteiger charge is -2.17. The number of ether oxygens (including phenoxy) is 1. The zero-order chi connectivity index (χ0) is 15.6. The summed E-state index contributed by atoms with van der Waals surface area (Å²) in [5.41, 5.74) is -0.963. The maximum absolute atomic E-state index is 13.7. The standard InChI is InChI=1S/C14H7ClF4O2/c15-8-1-4-10(5-2-8)21-14(18,19)13(20)11-6-3-9(16)7-12(11)17/h1-7H. The highest BCUT2D eigenvalue weighted by Crippen LogP contribution is 2.27. The van der Waals surface area contributed by atoms with Gasteiger partial charge in [0.05, 0.1) is 5.56 Å². The van der Waals surface area contributed by atoms with Gasteiger partial charge in [0, 0.05) is 11.1 Å². The molecular formula is C14H7ClF4O2. The first kappa shape index (κ1) is 15.3. The number of halogens is 5. The van der Waals surface area contributed by atoms with Crippen LogP contribution < -0.4 is 4.74 Å². The molecule has 21 heavy (non-hydrogen) atoms. The predicted molar refractivity (Wildman–Crippen MR) is 67.7 cm³/mol. The van der Waals surface area contributed by atoms with Crippen molar-refractivity contribution in [2.24, 2.45) is 0 Å². The number of hydrogen-bond acceptors (Lipinski definition) is 2. The third-order valence-electron chi connectivity index (χ3n) is 2.50. The van der Waals surface area contributed by atoms with Gasteiger partial charge < -0.3 is 4.74 Å². The van der Waals surface area contributed by atoms with Crippen LogP contribution in [-0.4, -0.2) is 11.9 Å². The van der Waals surface area contributed by atoms with Crippen molar-refractivity contribution in [2.45, 2.75) is 6.11 Å². The van der Waals surface area contributed by atoms with Crippen LogP contribution in [0.25, 0.3) is 0 Å². The van der Waals surface area contributed by atoms with Crippen LogP contribution in [-0.2, 0) is 0 Å². The minimum absolute atomic E-state index is 0.293. The average molecular weight is 319 g/mol. The minimum Gasteiger partial charge on any atom is -0.426 e. The molecule has 0 aliphatic rings. The fourth-order valence-electron chi connectivity index (χ4n) is 1.53. The second-order valence-corrected chi connectivity index (χ2v) is 4.46. The molecule has 0 aliphatic carbocycles. The van der Waals surface area contributed by atoms with Gasteiger partial charge in [-0.05, 0) is 36.4 Å². The average Bonchev–Trinajstić information content (AvgIpc) is 2.40. The summed E-state index contributed by atoms with van der Waals surface area (Å²) in [5.74, 6) is -4.60. The monoisotopic (exact) mass is 318 g/mol. The normalized spacial score (nSPS) is 11.3. The first-order valence-electron chi connectivity index (χ1n) is 5.62. The number of carbonyl (C=O) groups is 1. The van der Waals surface area contributed by atoms with Gasteiger partial charge in [-0.15, -0.1) is 0 Å². The lowest BCUT2D eigenvalue weighted by molar-refractivity contribution is -0.134. The van der Waals surface area contributed by atoms with E-state index in [1.165, 1.54) is 12.1 Å². The van der Waals surface area contributed by atoms with Gasteiger partial charge in [0.2, 0.25) is 0 Å². The molecule has 7 heteroatoms. The van der Waals surface area contributed by atoms with Crippen LogP contribution in [0.4, 0.5) is 17.6 Å². The van der Waals surface area contributed by atoms with E-state index >= 15 is 0 Å². The second kappa shape index (κ2) is 5.73. The molecule has 0 aliphatic heterocycles. The predicted octanol–water partition coefficient (Wildman–Crippen LogP) is 4.47. The lowest BCUT2D eigenvalue weighted by atomic mass is 10.1. The van der Waals surface area contributed by atoms with E-state index in [2.05, 4.69) is 4.74 Å². The Balaban J connectivity index is 2.25. The Bertz CT molecular complexity index is 671. The van der Waals surface area contributed by atoms with Crippen molar-refractivity contribution in [1.29, 1.82) is 0 Å². The number of rotatable bonds is 4. The number of hydrogen-bond donors (Lipinski definition) is 0. The number of ketones is 1. The zero-order valence-electron chi connectivity index (χ0n) is 10.2. The molecule has 0 aromatic heterocycles. The van der Waals surface area contributed by atoms with E-state index in [0.29, 0.717) is 23.2 Å². The van der Waals surface area contributed by atoms with Crippen LogP contribution >= 0.6 is 11.6 Å². The van der Waals surface area contributed by atoms with Crippen molar-refractivity contribution in [1.82, 2.24) is 0 Å². The van der Waals surface area contributed by atoms with Gasteiger partial charge in [-0.3, -0.25) is 4.79 Å². The highest BCUT2D eigenvalue weighted by molar-refractivity contribution is 6.30. The molecule has 0 saturated heterocycles. The molecule has 110 valence electrons. The quantitative estimate of drug-likeness (QED) is 0.614. The third-order valence-corrected chi connectivity index (χ3v) is 2.75. The molecule has 0 saturated carbocycles. The number of carbonyl (C=O) groups excluding carboxylic acids is 1. The Morgan fingerprint density at radius 3 is 2.24 bits per heavy atom. The summed E-state index contributed by atoms with van der Waals surface area (Å²) in [5, 5.41) is 0.293. The van der Waals surface area contributed by atoms with Gasteiger partial charge in [-0.25, -0.2) is 8.78 Å². The fraction of sp³-hybridized carbons (Fsp3) is 0.0714. The van der Waals surface area contributed by atoms with Crippen molar-refractivity contribution in [2.75, 3.05) is 0 Å². The smallest absolute Gasteiger partial charge is 0.426 e. The Labute approximate surface area is 121 Å². The molecule has 0 bridgehead atoms. The second-order valence-electron chi connectivity index (χ2n) is 4.03. The Morgan fingerprint density at radius 2 is 1.67 bits per heavy atom. The van der Waals surface area contributed by atoms with Crippen LogP contribution in [0.1, 0.15) is 10.4 Å². The maximum atomic E-state index is 13.7. The Kier molecular flexibility index (Phi) is 4.18. The maximum Gasteiger partial charge on any atom is 0.466 e. The summed E-state index contributed by atoms with van der Waals surface area (Å²) in [7, 11) is 0. The number of benzene rings is 2.